The fourth-order valence-corrected chi connectivity index (χ4v) is 4.55. The maximum absolute atomic E-state index is 12.7. The first-order valence-electron chi connectivity index (χ1n) is 11.8. The Morgan fingerprint density at radius 1 is 1.12 bits per heavy atom. The molecule has 6 nitrogen and oxygen atoms in total. The Kier molecular flexibility index (Phi) is 7.33. The number of hydrogen-bond acceptors (Lipinski definition) is 3. The molecular formula is C27H33N3O3. The molecule has 0 bridgehead atoms. The van der Waals surface area contributed by atoms with Crippen molar-refractivity contribution in [2.45, 2.75) is 39.0 Å². The number of fused-ring (bicyclic) bond motifs is 1. The SMILES string of the molecule is COc1ccc2[nH]cc(CCNC(=O)CCC3CCN(C(=O)c4ccc(C)cc4)CC3)c2c1. The first-order chi connectivity index (χ1) is 16.0. The first-order valence-corrected chi connectivity index (χ1v) is 11.8. The van der Waals surface area contributed by atoms with Gasteiger partial charge in [-0.1, -0.05) is 17.7 Å². The monoisotopic (exact) mass is 447 g/mol. The lowest BCUT2D eigenvalue weighted by Crippen LogP contribution is -2.38. The maximum atomic E-state index is 12.7. The molecule has 2 heterocycles. The predicted molar refractivity (Wildman–Crippen MR) is 131 cm³/mol. The van der Waals surface area contributed by atoms with E-state index in [4.69, 9.17) is 4.74 Å². The zero-order valence-electron chi connectivity index (χ0n) is 19.5. The van der Waals surface area contributed by atoms with Crippen LogP contribution in [0.5, 0.6) is 5.75 Å². The van der Waals surface area contributed by atoms with Gasteiger partial charge in [-0.2, -0.15) is 0 Å². The zero-order valence-corrected chi connectivity index (χ0v) is 19.5. The van der Waals surface area contributed by atoms with Crippen LogP contribution in [-0.2, 0) is 11.2 Å². The molecule has 0 unspecified atom stereocenters. The average molecular weight is 448 g/mol. The molecule has 0 saturated carbocycles. The molecule has 0 spiro atoms. The number of likely N-dealkylation sites (tertiary alicyclic amines) is 1. The number of H-pyrrole nitrogens is 1. The van der Waals surface area contributed by atoms with E-state index in [1.54, 1.807) is 7.11 Å². The molecule has 2 N–H and O–H groups in total. The van der Waals surface area contributed by atoms with Crippen molar-refractivity contribution in [1.82, 2.24) is 15.2 Å². The molecule has 1 aliphatic rings. The number of nitrogens with one attached hydrogen (secondary N) is 2. The van der Waals surface area contributed by atoms with Gasteiger partial charge < -0.3 is 19.9 Å². The van der Waals surface area contributed by atoms with Crippen molar-refractivity contribution in [2.75, 3.05) is 26.7 Å². The first kappa shape index (κ1) is 22.9. The summed E-state index contributed by atoms with van der Waals surface area (Å²) < 4.78 is 5.32. The van der Waals surface area contributed by atoms with Gasteiger partial charge in [0.1, 0.15) is 5.75 Å². The van der Waals surface area contributed by atoms with Crippen molar-refractivity contribution in [3.05, 3.63) is 65.4 Å². The number of methoxy groups -OCH3 is 1. The number of carbonyl (C=O) groups is 2. The molecule has 0 radical (unpaired) electrons. The van der Waals surface area contributed by atoms with Crippen LogP contribution in [0, 0.1) is 12.8 Å². The molecule has 1 fully saturated rings. The van der Waals surface area contributed by atoms with Gasteiger partial charge in [0.25, 0.3) is 5.91 Å². The van der Waals surface area contributed by atoms with E-state index in [0.717, 1.165) is 66.6 Å². The third-order valence-electron chi connectivity index (χ3n) is 6.67. The average Bonchev–Trinajstić information content (AvgIpc) is 3.25. The Hall–Kier alpha value is -3.28. The Morgan fingerprint density at radius 3 is 2.61 bits per heavy atom. The molecule has 1 saturated heterocycles. The molecule has 3 aromatic rings. The summed E-state index contributed by atoms with van der Waals surface area (Å²) in [6.07, 6.45) is 6.12. The van der Waals surface area contributed by atoms with Gasteiger partial charge in [0, 0.05) is 48.7 Å². The van der Waals surface area contributed by atoms with E-state index in [9.17, 15) is 9.59 Å². The van der Waals surface area contributed by atoms with E-state index in [0.29, 0.717) is 18.9 Å². The number of nitrogens with zero attached hydrogens (tertiary/aromatic N) is 1. The lowest BCUT2D eigenvalue weighted by Gasteiger charge is -2.32. The summed E-state index contributed by atoms with van der Waals surface area (Å²) in [4.78, 5) is 30.2. The fraction of sp³-hybridized carbons (Fsp3) is 0.407. The van der Waals surface area contributed by atoms with Gasteiger partial charge in [-0.3, -0.25) is 9.59 Å². The fourth-order valence-electron chi connectivity index (χ4n) is 4.55. The number of amides is 2. The summed E-state index contributed by atoms with van der Waals surface area (Å²) in [6, 6.07) is 13.7. The van der Waals surface area contributed by atoms with E-state index in [1.807, 2.05) is 60.5 Å². The van der Waals surface area contributed by atoms with E-state index in [-0.39, 0.29) is 11.8 Å². The molecule has 33 heavy (non-hydrogen) atoms. The molecule has 0 aliphatic carbocycles. The predicted octanol–water partition coefficient (Wildman–Crippen LogP) is 4.48. The van der Waals surface area contributed by atoms with Gasteiger partial charge in [0.15, 0.2) is 0 Å². The van der Waals surface area contributed by atoms with Crippen LogP contribution in [0.4, 0.5) is 0 Å². The summed E-state index contributed by atoms with van der Waals surface area (Å²) >= 11 is 0. The van der Waals surface area contributed by atoms with Crippen molar-refractivity contribution in [3.63, 3.8) is 0 Å². The minimum absolute atomic E-state index is 0.102. The Morgan fingerprint density at radius 2 is 1.88 bits per heavy atom. The summed E-state index contributed by atoms with van der Waals surface area (Å²) in [5.74, 6) is 1.55. The van der Waals surface area contributed by atoms with Gasteiger partial charge in [0.2, 0.25) is 5.91 Å². The Labute approximate surface area is 195 Å². The van der Waals surface area contributed by atoms with Gasteiger partial charge in [-0.15, -0.1) is 0 Å². The van der Waals surface area contributed by atoms with E-state index < -0.39 is 0 Å². The maximum Gasteiger partial charge on any atom is 0.253 e. The molecule has 1 aromatic heterocycles. The third-order valence-corrected chi connectivity index (χ3v) is 6.67. The van der Waals surface area contributed by atoms with Gasteiger partial charge in [0.05, 0.1) is 7.11 Å². The molecule has 1 aliphatic heterocycles. The smallest absolute Gasteiger partial charge is 0.253 e. The van der Waals surface area contributed by atoms with Crippen LogP contribution in [0.2, 0.25) is 0 Å². The van der Waals surface area contributed by atoms with Crippen molar-refractivity contribution in [2.24, 2.45) is 5.92 Å². The normalized spacial score (nSPS) is 14.4. The second-order valence-corrected chi connectivity index (χ2v) is 8.97. The molecule has 174 valence electrons. The molecule has 6 heteroatoms. The quantitative estimate of drug-likeness (QED) is 0.535. The van der Waals surface area contributed by atoms with Crippen molar-refractivity contribution in [1.29, 1.82) is 0 Å². The van der Waals surface area contributed by atoms with E-state index >= 15 is 0 Å². The lowest BCUT2D eigenvalue weighted by atomic mass is 9.91. The zero-order chi connectivity index (χ0) is 23.2. The summed E-state index contributed by atoms with van der Waals surface area (Å²) in [5, 5.41) is 4.19. The molecule has 2 aromatic carbocycles. The number of carbonyl (C=O) groups excluding carboxylic acids is 2. The van der Waals surface area contributed by atoms with Crippen LogP contribution in [0.25, 0.3) is 10.9 Å². The number of hydrogen-bond donors (Lipinski definition) is 2. The minimum Gasteiger partial charge on any atom is -0.497 e. The lowest BCUT2D eigenvalue weighted by molar-refractivity contribution is -0.121. The topological polar surface area (TPSA) is 74.4 Å². The third kappa shape index (κ3) is 5.75. The summed E-state index contributed by atoms with van der Waals surface area (Å²) in [6.45, 7) is 4.17. The number of aromatic nitrogens is 1. The molecule has 4 rings (SSSR count). The number of aryl methyl sites for hydroxylation is 1. The molecule has 0 atom stereocenters. The number of aromatic amines is 1. The highest BCUT2D eigenvalue weighted by Crippen LogP contribution is 2.25. The molecule has 2 amide bonds. The number of rotatable bonds is 8. The van der Waals surface area contributed by atoms with Crippen LogP contribution >= 0.6 is 0 Å². The summed E-state index contributed by atoms with van der Waals surface area (Å²) in [7, 11) is 1.67. The minimum atomic E-state index is 0.102. The number of ether oxygens (including phenoxy) is 1. The second-order valence-electron chi connectivity index (χ2n) is 8.97. The van der Waals surface area contributed by atoms with Crippen LogP contribution in [0.15, 0.2) is 48.7 Å². The highest BCUT2D eigenvalue weighted by atomic mass is 16.5. The molecular weight excluding hydrogens is 414 g/mol. The Balaban J connectivity index is 1.17. The number of piperidine rings is 1. The van der Waals surface area contributed by atoms with Crippen LogP contribution in [0.1, 0.15) is 47.2 Å². The van der Waals surface area contributed by atoms with Crippen LogP contribution in [-0.4, -0.2) is 48.4 Å². The van der Waals surface area contributed by atoms with Crippen molar-refractivity contribution < 1.29 is 14.3 Å². The van der Waals surface area contributed by atoms with Gasteiger partial charge >= 0.3 is 0 Å². The van der Waals surface area contributed by atoms with E-state index in [1.165, 1.54) is 5.56 Å². The van der Waals surface area contributed by atoms with Crippen LogP contribution in [0.3, 0.4) is 0 Å². The second kappa shape index (κ2) is 10.6. The number of benzene rings is 2. The van der Waals surface area contributed by atoms with Crippen LogP contribution < -0.4 is 10.1 Å². The van der Waals surface area contributed by atoms with E-state index in [2.05, 4.69) is 10.3 Å². The van der Waals surface area contributed by atoms with Gasteiger partial charge in [-0.05, 0) is 74.4 Å². The summed E-state index contributed by atoms with van der Waals surface area (Å²) in [5.41, 5.74) is 4.16. The van der Waals surface area contributed by atoms with Gasteiger partial charge in [-0.25, -0.2) is 0 Å². The standard InChI is InChI=1S/C27H33N3O3/c1-19-3-6-21(7-4-19)27(32)30-15-12-20(13-16-30)5-10-26(31)28-14-11-22-18-29-25-9-8-23(33-2)17-24(22)25/h3-4,6-9,17-18,20,29H,5,10-16H2,1-2H3,(H,28,31). The highest BCUT2D eigenvalue weighted by Gasteiger charge is 2.24. The highest BCUT2D eigenvalue weighted by molar-refractivity contribution is 5.94. The van der Waals surface area contributed by atoms with Crippen molar-refractivity contribution >= 4 is 22.7 Å². The Bertz CT molecular complexity index is 1100. The largest absolute Gasteiger partial charge is 0.497 e. The van der Waals surface area contributed by atoms with Crippen molar-refractivity contribution in [3.8, 4) is 5.75 Å².